The highest BCUT2D eigenvalue weighted by atomic mass is 15.1. The maximum absolute atomic E-state index is 5.66. The minimum atomic E-state index is 0.807. The fraction of sp³-hybridized carbons (Fsp3) is 0.214. The van der Waals surface area contributed by atoms with E-state index in [2.05, 4.69) is 29.1 Å². The van der Waals surface area contributed by atoms with E-state index in [1.54, 1.807) is 0 Å². The Bertz CT molecular complexity index is 451. The van der Waals surface area contributed by atoms with Crippen molar-refractivity contribution in [2.45, 2.75) is 13.1 Å². The summed E-state index contributed by atoms with van der Waals surface area (Å²) in [5.74, 6) is 0. The summed E-state index contributed by atoms with van der Waals surface area (Å²) in [6, 6.07) is 14.0. The molecule has 0 saturated heterocycles. The number of rotatable bonds is 4. The number of anilines is 1. The van der Waals surface area contributed by atoms with Crippen LogP contribution in [0.4, 0.5) is 5.69 Å². The first-order valence-electron chi connectivity index (χ1n) is 5.67. The van der Waals surface area contributed by atoms with Crippen LogP contribution in [0.3, 0.4) is 0 Å². The lowest BCUT2D eigenvalue weighted by atomic mass is 10.2. The summed E-state index contributed by atoms with van der Waals surface area (Å²) in [5, 5.41) is 0. The van der Waals surface area contributed by atoms with Crippen LogP contribution in [0.25, 0.3) is 0 Å². The van der Waals surface area contributed by atoms with Gasteiger partial charge in [-0.25, -0.2) is 0 Å². The van der Waals surface area contributed by atoms with Crippen molar-refractivity contribution in [2.24, 2.45) is 0 Å². The molecule has 0 unspecified atom stereocenters. The Labute approximate surface area is 102 Å². The normalized spacial score (nSPS) is 10.7. The summed E-state index contributed by atoms with van der Waals surface area (Å²) in [7, 11) is 2.09. The summed E-state index contributed by atoms with van der Waals surface area (Å²) < 4.78 is 0. The van der Waals surface area contributed by atoms with Gasteiger partial charge in [-0.2, -0.15) is 0 Å². The Balaban J connectivity index is 1.93. The molecule has 2 N–H and O–H groups in total. The molecule has 0 aliphatic heterocycles. The van der Waals surface area contributed by atoms with Crippen molar-refractivity contribution in [3.8, 4) is 0 Å². The second-order valence-electron chi connectivity index (χ2n) is 4.23. The molecular formula is C14H17N3. The highest BCUT2D eigenvalue weighted by molar-refractivity contribution is 5.39. The van der Waals surface area contributed by atoms with E-state index in [0.717, 1.165) is 24.5 Å². The molecular weight excluding hydrogens is 210 g/mol. The van der Waals surface area contributed by atoms with Crippen molar-refractivity contribution < 1.29 is 0 Å². The molecule has 0 aliphatic carbocycles. The van der Waals surface area contributed by atoms with Gasteiger partial charge in [0.2, 0.25) is 0 Å². The van der Waals surface area contributed by atoms with Crippen LogP contribution >= 0.6 is 0 Å². The zero-order chi connectivity index (χ0) is 12.1. The number of aromatic nitrogens is 1. The molecule has 1 aromatic heterocycles. The van der Waals surface area contributed by atoms with Crippen LogP contribution in [0, 0.1) is 0 Å². The molecule has 0 amide bonds. The molecule has 88 valence electrons. The standard InChI is InChI=1S/C14H17N3/c1-17(11-14-4-2-3-9-16-14)10-12-5-7-13(15)8-6-12/h2-9H,10-11,15H2,1H3. The van der Waals surface area contributed by atoms with Crippen LogP contribution < -0.4 is 5.73 Å². The third kappa shape index (κ3) is 3.57. The quantitative estimate of drug-likeness (QED) is 0.815. The van der Waals surface area contributed by atoms with E-state index in [4.69, 9.17) is 5.73 Å². The highest BCUT2D eigenvalue weighted by Crippen LogP contribution is 2.09. The average molecular weight is 227 g/mol. The molecule has 2 aromatic rings. The highest BCUT2D eigenvalue weighted by Gasteiger charge is 2.02. The van der Waals surface area contributed by atoms with Gasteiger partial charge in [0.15, 0.2) is 0 Å². The van der Waals surface area contributed by atoms with Crippen molar-refractivity contribution in [1.29, 1.82) is 0 Å². The molecule has 1 aromatic carbocycles. The van der Waals surface area contributed by atoms with E-state index in [-0.39, 0.29) is 0 Å². The second kappa shape index (κ2) is 5.46. The van der Waals surface area contributed by atoms with Crippen LogP contribution in [-0.2, 0) is 13.1 Å². The fourth-order valence-corrected chi connectivity index (χ4v) is 1.76. The van der Waals surface area contributed by atoms with Gasteiger partial charge in [-0.05, 0) is 36.9 Å². The van der Waals surface area contributed by atoms with Gasteiger partial charge in [-0.1, -0.05) is 18.2 Å². The lowest BCUT2D eigenvalue weighted by Crippen LogP contribution is -2.17. The summed E-state index contributed by atoms with van der Waals surface area (Å²) in [4.78, 5) is 6.54. The van der Waals surface area contributed by atoms with Gasteiger partial charge in [0.25, 0.3) is 0 Å². The van der Waals surface area contributed by atoms with Crippen LogP contribution in [0.15, 0.2) is 48.7 Å². The summed E-state index contributed by atoms with van der Waals surface area (Å²) in [6.45, 7) is 1.75. The topological polar surface area (TPSA) is 42.1 Å². The van der Waals surface area contributed by atoms with Crippen molar-refractivity contribution >= 4 is 5.69 Å². The largest absolute Gasteiger partial charge is 0.399 e. The van der Waals surface area contributed by atoms with Gasteiger partial charge >= 0.3 is 0 Å². The Morgan fingerprint density at radius 3 is 2.47 bits per heavy atom. The van der Waals surface area contributed by atoms with E-state index < -0.39 is 0 Å². The summed E-state index contributed by atoms with van der Waals surface area (Å²) in [6.07, 6.45) is 1.83. The van der Waals surface area contributed by atoms with Crippen molar-refractivity contribution in [3.63, 3.8) is 0 Å². The predicted octanol–water partition coefficient (Wildman–Crippen LogP) is 2.30. The Morgan fingerprint density at radius 1 is 1.06 bits per heavy atom. The fourth-order valence-electron chi connectivity index (χ4n) is 1.76. The lowest BCUT2D eigenvalue weighted by Gasteiger charge is -2.16. The number of nitrogens with two attached hydrogens (primary N) is 1. The minimum absolute atomic E-state index is 0.807. The predicted molar refractivity (Wildman–Crippen MR) is 70.3 cm³/mol. The van der Waals surface area contributed by atoms with Gasteiger partial charge in [-0.3, -0.25) is 9.88 Å². The first kappa shape index (κ1) is 11.6. The van der Waals surface area contributed by atoms with Crippen molar-refractivity contribution in [3.05, 3.63) is 59.9 Å². The number of nitrogens with zero attached hydrogens (tertiary/aromatic N) is 2. The molecule has 0 spiro atoms. The molecule has 2 rings (SSSR count). The van der Waals surface area contributed by atoms with Gasteiger partial charge in [-0.15, -0.1) is 0 Å². The zero-order valence-corrected chi connectivity index (χ0v) is 10.0. The molecule has 0 bridgehead atoms. The Morgan fingerprint density at radius 2 is 1.82 bits per heavy atom. The third-order valence-electron chi connectivity index (χ3n) is 2.59. The zero-order valence-electron chi connectivity index (χ0n) is 10.0. The van der Waals surface area contributed by atoms with Gasteiger partial charge in [0.1, 0.15) is 0 Å². The van der Waals surface area contributed by atoms with Crippen LogP contribution in [0.1, 0.15) is 11.3 Å². The van der Waals surface area contributed by atoms with Gasteiger partial charge in [0, 0.05) is 25.0 Å². The number of benzene rings is 1. The third-order valence-corrected chi connectivity index (χ3v) is 2.59. The van der Waals surface area contributed by atoms with Crippen molar-refractivity contribution in [2.75, 3.05) is 12.8 Å². The molecule has 3 nitrogen and oxygen atoms in total. The van der Waals surface area contributed by atoms with E-state index in [9.17, 15) is 0 Å². The Kier molecular flexibility index (Phi) is 3.73. The van der Waals surface area contributed by atoms with Crippen LogP contribution in [0.5, 0.6) is 0 Å². The molecule has 0 fully saturated rings. The maximum atomic E-state index is 5.66. The number of pyridine rings is 1. The Hall–Kier alpha value is -1.87. The van der Waals surface area contributed by atoms with Gasteiger partial charge in [0.05, 0.1) is 5.69 Å². The first-order valence-corrected chi connectivity index (χ1v) is 5.67. The second-order valence-corrected chi connectivity index (χ2v) is 4.23. The SMILES string of the molecule is CN(Cc1ccc(N)cc1)Cc1ccccn1. The summed E-state index contributed by atoms with van der Waals surface area (Å²) >= 11 is 0. The molecule has 1 heterocycles. The monoisotopic (exact) mass is 227 g/mol. The molecule has 0 atom stereocenters. The molecule has 17 heavy (non-hydrogen) atoms. The molecule has 0 saturated carbocycles. The first-order chi connectivity index (χ1) is 8.24. The number of nitrogen functional groups attached to an aromatic ring is 1. The van der Waals surface area contributed by atoms with E-state index >= 15 is 0 Å². The smallest absolute Gasteiger partial charge is 0.0543 e. The number of hydrogen-bond acceptors (Lipinski definition) is 3. The lowest BCUT2D eigenvalue weighted by molar-refractivity contribution is 0.315. The van der Waals surface area contributed by atoms with Crippen LogP contribution in [0.2, 0.25) is 0 Å². The van der Waals surface area contributed by atoms with E-state index in [1.807, 2.05) is 36.5 Å². The number of hydrogen-bond donors (Lipinski definition) is 1. The van der Waals surface area contributed by atoms with E-state index in [1.165, 1.54) is 5.56 Å². The minimum Gasteiger partial charge on any atom is -0.399 e. The van der Waals surface area contributed by atoms with Crippen molar-refractivity contribution in [1.82, 2.24) is 9.88 Å². The van der Waals surface area contributed by atoms with Gasteiger partial charge < -0.3 is 5.73 Å². The molecule has 0 aliphatic rings. The molecule has 0 radical (unpaired) electrons. The average Bonchev–Trinajstić information content (AvgIpc) is 2.33. The van der Waals surface area contributed by atoms with E-state index in [0.29, 0.717) is 0 Å². The molecule has 3 heteroatoms. The summed E-state index contributed by atoms with van der Waals surface area (Å²) in [5.41, 5.74) is 8.81. The maximum Gasteiger partial charge on any atom is 0.0543 e. The van der Waals surface area contributed by atoms with Crippen LogP contribution in [-0.4, -0.2) is 16.9 Å².